The van der Waals surface area contributed by atoms with Crippen molar-refractivity contribution in [3.05, 3.63) is 41.7 Å². The molecule has 4 heterocycles. The quantitative estimate of drug-likeness (QED) is 0.613. The Morgan fingerprint density at radius 2 is 1.88 bits per heavy atom. The predicted octanol–water partition coefficient (Wildman–Crippen LogP) is 3.55. The molecular weight excluding hydrogens is 440 g/mol. The maximum Gasteiger partial charge on any atom is 0.227 e. The van der Waals surface area contributed by atoms with Crippen LogP contribution in [0, 0.1) is 5.92 Å². The number of piperidine rings is 1. The van der Waals surface area contributed by atoms with Crippen LogP contribution < -0.4 is 5.32 Å². The molecule has 5 rings (SSSR count). The summed E-state index contributed by atoms with van der Waals surface area (Å²) < 4.78 is 0. The fourth-order valence-electron chi connectivity index (χ4n) is 4.83. The topological polar surface area (TPSA) is 94.2 Å². The number of H-pyrrole nitrogens is 1. The number of benzene rings is 1. The lowest BCUT2D eigenvalue weighted by molar-refractivity contribution is -0.136. The van der Waals surface area contributed by atoms with Gasteiger partial charge in [-0.15, -0.1) is 0 Å². The second kappa shape index (κ2) is 9.02. The second-order valence-electron chi connectivity index (χ2n) is 8.83. The molecule has 1 atom stereocenters. The molecule has 0 saturated carbocycles. The highest BCUT2D eigenvalue weighted by molar-refractivity contribution is 6.33. The SMILES string of the molecule is CC(=O)N1CCC(C(=O)N2CCC(Nc3ncc(Cl)c(-c4c[nH]c5ccccc45)n3)CC2)C1. The summed E-state index contributed by atoms with van der Waals surface area (Å²) in [5.74, 6) is 0.679. The van der Waals surface area contributed by atoms with Crippen molar-refractivity contribution in [2.45, 2.75) is 32.2 Å². The van der Waals surface area contributed by atoms with Crippen LogP contribution in [0.15, 0.2) is 36.7 Å². The van der Waals surface area contributed by atoms with Gasteiger partial charge in [-0.2, -0.15) is 0 Å². The van der Waals surface area contributed by atoms with Gasteiger partial charge in [0, 0.05) is 61.8 Å². The van der Waals surface area contributed by atoms with Gasteiger partial charge in [0.2, 0.25) is 17.8 Å². The van der Waals surface area contributed by atoms with Crippen LogP contribution in [-0.4, -0.2) is 68.8 Å². The minimum absolute atomic E-state index is 0.0446. The smallest absolute Gasteiger partial charge is 0.227 e. The van der Waals surface area contributed by atoms with Crippen molar-refractivity contribution in [1.82, 2.24) is 24.8 Å². The number of anilines is 1. The molecule has 172 valence electrons. The number of carbonyl (C=O) groups is 2. The number of hydrogen-bond acceptors (Lipinski definition) is 5. The number of carbonyl (C=O) groups excluding carboxylic acids is 2. The van der Waals surface area contributed by atoms with Crippen molar-refractivity contribution in [3.8, 4) is 11.3 Å². The summed E-state index contributed by atoms with van der Waals surface area (Å²) in [6.45, 7) is 4.16. The molecule has 2 aromatic heterocycles. The number of nitrogens with one attached hydrogen (secondary N) is 2. The summed E-state index contributed by atoms with van der Waals surface area (Å²) in [6, 6.07) is 8.22. The van der Waals surface area contributed by atoms with Crippen molar-refractivity contribution in [2.24, 2.45) is 5.92 Å². The molecule has 0 bridgehead atoms. The number of fused-ring (bicyclic) bond motifs is 1. The van der Waals surface area contributed by atoms with E-state index in [0.717, 1.165) is 35.7 Å². The number of nitrogens with zero attached hydrogens (tertiary/aromatic N) is 4. The lowest BCUT2D eigenvalue weighted by Crippen LogP contribution is -2.45. The summed E-state index contributed by atoms with van der Waals surface area (Å²) in [5, 5.41) is 4.99. The fraction of sp³-hybridized carbons (Fsp3) is 0.417. The number of rotatable bonds is 4. The average Bonchev–Trinajstić information content (AvgIpc) is 3.48. The largest absolute Gasteiger partial charge is 0.360 e. The van der Waals surface area contributed by atoms with Crippen molar-refractivity contribution in [3.63, 3.8) is 0 Å². The van der Waals surface area contributed by atoms with Gasteiger partial charge in [0.25, 0.3) is 0 Å². The molecule has 8 nitrogen and oxygen atoms in total. The first-order valence-electron chi connectivity index (χ1n) is 11.4. The number of aromatic nitrogens is 3. The van der Waals surface area contributed by atoms with Crippen LogP contribution >= 0.6 is 11.6 Å². The third-order valence-corrected chi connectivity index (χ3v) is 6.99. The third kappa shape index (κ3) is 4.39. The Morgan fingerprint density at radius 3 is 2.64 bits per heavy atom. The first kappa shape index (κ1) is 21.7. The Bertz CT molecular complexity index is 1190. The summed E-state index contributed by atoms with van der Waals surface area (Å²) >= 11 is 6.44. The molecule has 1 unspecified atom stereocenters. The average molecular weight is 467 g/mol. The summed E-state index contributed by atoms with van der Waals surface area (Å²) in [5.41, 5.74) is 2.66. The Labute approximate surface area is 197 Å². The number of halogens is 1. The zero-order valence-corrected chi connectivity index (χ0v) is 19.3. The van der Waals surface area contributed by atoms with E-state index in [1.807, 2.05) is 35.4 Å². The number of para-hydroxylation sites is 1. The van der Waals surface area contributed by atoms with E-state index in [9.17, 15) is 9.59 Å². The lowest BCUT2D eigenvalue weighted by Gasteiger charge is -2.34. The minimum Gasteiger partial charge on any atom is -0.360 e. The van der Waals surface area contributed by atoms with E-state index >= 15 is 0 Å². The highest BCUT2D eigenvalue weighted by atomic mass is 35.5. The van der Waals surface area contributed by atoms with Gasteiger partial charge in [-0.05, 0) is 25.3 Å². The van der Waals surface area contributed by atoms with Gasteiger partial charge in [0.1, 0.15) is 0 Å². The Balaban J connectivity index is 1.22. The second-order valence-corrected chi connectivity index (χ2v) is 9.24. The summed E-state index contributed by atoms with van der Waals surface area (Å²) in [6.07, 6.45) is 5.95. The van der Waals surface area contributed by atoms with Gasteiger partial charge in [-0.1, -0.05) is 29.8 Å². The van der Waals surface area contributed by atoms with Crippen molar-refractivity contribution in [1.29, 1.82) is 0 Å². The Kier molecular flexibility index (Phi) is 5.93. The first-order chi connectivity index (χ1) is 16.0. The molecule has 2 aliphatic rings. The monoisotopic (exact) mass is 466 g/mol. The third-order valence-electron chi connectivity index (χ3n) is 6.71. The number of hydrogen-bond donors (Lipinski definition) is 2. The van der Waals surface area contributed by atoms with Crippen LogP contribution in [-0.2, 0) is 9.59 Å². The molecule has 9 heteroatoms. The van der Waals surface area contributed by atoms with E-state index in [1.54, 1.807) is 18.0 Å². The molecule has 2 saturated heterocycles. The van der Waals surface area contributed by atoms with E-state index in [0.29, 0.717) is 42.8 Å². The molecule has 0 radical (unpaired) electrons. The zero-order valence-electron chi connectivity index (χ0n) is 18.6. The van der Waals surface area contributed by atoms with Gasteiger partial charge in [-0.3, -0.25) is 9.59 Å². The van der Waals surface area contributed by atoms with E-state index in [1.165, 1.54) is 0 Å². The number of amides is 2. The standard InChI is InChI=1S/C24H27ClN6O2/c1-15(32)31-9-6-16(14-31)23(33)30-10-7-17(8-11-30)28-24-27-13-20(25)22(29-24)19-12-26-21-5-3-2-4-18(19)21/h2-5,12-13,16-17,26H,6-11,14H2,1H3,(H,27,28,29). The normalized spacial score (nSPS) is 19.3. The molecule has 0 aliphatic carbocycles. The Hall–Kier alpha value is -3.13. The molecule has 1 aromatic carbocycles. The summed E-state index contributed by atoms with van der Waals surface area (Å²) in [4.78, 5) is 40.5. The maximum absolute atomic E-state index is 12.9. The highest BCUT2D eigenvalue weighted by Gasteiger charge is 2.34. The molecule has 0 spiro atoms. The van der Waals surface area contributed by atoms with Gasteiger partial charge in [-0.25, -0.2) is 9.97 Å². The lowest BCUT2D eigenvalue weighted by atomic mass is 10.0. The maximum atomic E-state index is 12.9. The van der Waals surface area contributed by atoms with Crippen LogP contribution in [0.4, 0.5) is 5.95 Å². The highest BCUT2D eigenvalue weighted by Crippen LogP contribution is 2.32. The van der Waals surface area contributed by atoms with Crippen molar-refractivity contribution >= 4 is 40.3 Å². The molecule has 2 fully saturated rings. The first-order valence-corrected chi connectivity index (χ1v) is 11.8. The van der Waals surface area contributed by atoms with Gasteiger partial charge in [0.05, 0.1) is 22.8 Å². The van der Waals surface area contributed by atoms with E-state index in [-0.39, 0.29) is 23.8 Å². The molecule has 2 amide bonds. The predicted molar refractivity (Wildman–Crippen MR) is 128 cm³/mol. The molecular formula is C24H27ClN6O2. The zero-order chi connectivity index (χ0) is 22.9. The van der Waals surface area contributed by atoms with Crippen LogP contribution in [0.1, 0.15) is 26.2 Å². The van der Waals surface area contributed by atoms with Crippen molar-refractivity contribution < 1.29 is 9.59 Å². The fourth-order valence-corrected chi connectivity index (χ4v) is 5.02. The molecule has 2 N–H and O–H groups in total. The van der Waals surface area contributed by atoms with Crippen molar-refractivity contribution in [2.75, 3.05) is 31.5 Å². The van der Waals surface area contributed by atoms with E-state index < -0.39 is 0 Å². The van der Waals surface area contributed by atoms with E-state index in [4.69, 9.17) is 16.6 Å². The van der Waals surface area contributed by atoms with Gasteiger partial charge >= 0.3 is 0 Å². The number of likely N-dealkylation sites (tertiary alicyclic amines) is 2. The Morgan fingerprint density at radius 1 is 1.12 bits per heavy atom. The minimum atomic E-state index is -0.0725. The number of aromatic amines is 1. The van der Waals surface area contributed by atoms with Crippen LogP contribution in [0.25, 0.3) is 22.2 Å². The van der Waals surface area contributed by atoms with Gasteiger partial charge in [0.15, 0.2) is 0 Å². The van der Waals surface area contributed by atoms with Crippen LogP contribution in [0.5, 0.6) is 0 Å². The van der Waals surface area contributed by atoms with Crippen LogP contribution in [0.2, 0.25) is 5.02 Å². The molecule has 2 aliphatic heterocycles. The molecule has 33 heavy (non-hydrogen) atoms. The summed E-state index contributed by atoms with van der Waals surface area (Å²) in [7, 11) is 0. The molecule has 3 aromatic rings. The van der Waals surface area contributed by atoms with E-state index in [2.05, 4.69) is 15.3 Å². The van der Waals surface area contributed by atoms with Gasteiger partial charge < -0.3 is 20.1 Å². The van der Waals surface area contributed by atoms with Crippen LogP contribution in [0.3, 0.4) is 0 Å².